The van der Waals surface area contributed by atoms with Crippen LogP contribution in [0.2, 0.25) is 0 Å². The maximum Gasteiger partial charge on any atom is 0.220 e. The number of carbonyl (C=O) groups excluding carboxylic acids is 1. The van der Waals surface area contributed by atoms with E-state index in [1.165, 1.54) is 12.8 Å². The van der Waals surface area contributed by atoms with Gasteiger partial charge in [-0.3, -0.25) is 9.89 Å². The average molecular weight is 394 g/mol. The molecule has 0 aliphatic carbocycles. The van der Waals surface area contributed by atoms with Crippen molar-refractivity contribution in [2.75, 3.05) is 20.2 Å². The monoisotopic (exact) mass is 393 g/mol. The van der Waals surface area contributed by atoms with Crippen molar-refractivity contribution in [3.05, 3.63) is 30.1 Å². The van der Waals surface area contributed by atoms with Gasteiger partial charge in [0.2, 0.25) is 5.91 Å². The van der Waals surface area contributed by atoms with Crippen LogP contribution in [0.25, 0.3) is 11.4 Å². The predicted molar refractivity (Wildman–Crippen MR) is 107 cm³/mol. The van der Waals surface area contributed by atoms with Gasteiger partial charge in [-0.15, -0.1) is 12.4 Å². The van der Waals surface area contributed by atoms with E-state index >= 15 is 0 Å². The second-order valence-electron chi connectivity index (χ2n) is 6.90. The second kappa shape index (κ2) is 10.3. The molecule has 1 aliphatic heterocycles. The number of aromatic amines is 1. The summed E-state index contributed by atoms with van der Waals surface area (Å²) < 4.78 is 5.15. The van der Waals surface area contributed by atoms with Crippen molar-refractivity contribution in [1.82, 2.24) is 25.8 Å². The molecule has 2 atom stereocenters. The number of nitrogens with zero attached hydrogens (tertiary/aromatic N) is 2. The summed E-state index contributed by atoms with van der Waals surface area (Å²) in [6.45, 7) is 4.63. The molecular formula is C19H28ClN5O2. The van der Waals surface area contributed by atoms with E-state index in [9.17, 15) is 4.79 Å². The molecule has 0 bridgehead atoms. The highest BCUT2D eigenvalue weighted by molar-refractivity contribution is 5.85. The first-order valence-corrected chi connectivity index (χ1v) is 9.19. The van der Waals surface area contributed by atoms with Gasteiger partial charge in [0.25, 0.3) is 0 Å². The molecule has 0 spiro atoms. The standard InChI is InChI=1S/C19H27N5O2.ClH/c1-13(15-4-3-9-20-11-15)10-18(25)21-12-17-22-19(24-23-17)14-5-7-16(26-2)8-6-14;/h5-8,13,15,20H,3-4,9-12H2,1-2H3,(H,21,25)(H,22,23,24);1H. The fraction of sp³-hybridized carbons (Fsp3) is 0.526. The molecule has 7 nitrogen and oxygen atoms in total. The summed E-state index contributed by atoms with van der Waals surface area (Å²) in [6, 6.07) is 7.55. The van der Waals surface area contributed by atoms with Crippen LogP contribution in [0, 0.1) is 11.8 Å². The quantitative estimate of drug-likeness (QED) is 0.672. The lowest BCUT2D eigenvalue weighted by atomic mass is 9.85. The van der Waals surface area contributed by atoms with E-state index in [0.717, 1.165) is 24.4 Å². The fourth-order valence-corrected chi connectivity index (χ4v) is 3.32. The Kier molecular flexibility index (Phi) is 8.06. The minimum atomic E-state index is 0. The maximum absolute atomic E-state index is 12.2. The Bertz CT molecular complexity index is 713. The van der Waals surface area contributed by atoms with Gasteiger partial charge in [-0.2, -0.15) is 5.10 Å². The molecule has 1 aromatic carbocycles. The number of hydrogen-bond donors (Lipinski definition) is 3. The molecule has 0 radical (unpaired) electrons. The van der Waals surface area contributed by atoms with Crippen molar-refractivity contribution in [1.29, 1.82) is 0 Å². The molecule has 1 aromatic heterocycles. The number of ether oxygens (including phenoxy) is 1. The smallest absolute Gasteiger partial charge is 0.220 e. The van der Waals surface area contributed by atoms with Crippen LogP contribution in [0.1, 0.15) is 32.0 Å². The number of aromatic nitrogens is 3. The highest BCUT2D eigenvalue weighted by atomic mass is 35.5. The molecule has 1 aliphatic rings. The van der Waals surface area contributed by atoms with Crippen molar-refractivity contribution in [2.24, 2.45) is 11.8 Å². The minimum Gasteiger partial charge on any atom is -0.497 e. The van der Waals surface area contributed by atoms with Crippen LogP contribution in [-0.4, -0.2) is 41.3 Å². The van der Waals surface area contributed by atoms with Crippen molar-refractivity contribution in [2.45, 2.75) is 32.7 Å². The second-order valence-corrected chi connectivity index (χ2v) is 6.90. The molecule has 2 unspecified atom stereocenters. The van der Waals surface area contributed by atoms with Gasteiger partial charge in [0.05, 0.1) is 13.7 Å². The fourth-order valence-electron chi connectivity index (χ4n) is 3.32. The van der Waals surface area contributed by atoms with E-state index in [1.54, 1.807) is 7.11 Å². The zero-order valence-corrected chi connectivity index (χ0v) is 16.6. The summed E-state index contributed by atoms with van der Waals surface area (Å²) in [4.78, 5) is 16.7. The van der Waals surface area contributed by atoms with Crippen LogP contribution in [0.15, 0.2) is 24.3 Å². The van der Waals surface area contributed by atoms with E-state index in [4.69, 9.17) is 4.74 Å². The lowest BCUT2D eigenvalue weighted by molar-refractivity contribution is -0.122. The van der Waals surface area contributed by atoms with E-state index in [1.807, 2.05) is 24.3 Å². The SMILES string of the molecule is COc1ccc(-c2n[nH]c(CNC(=O)CC(C)C3CCCNC3)n2)cc1.Cl. The van der Waals surface area contributed by atoms with Gasteiger partial charge in [-0.1, -0.05) is 6.92 Å². The van der Waals surface area contributed by atoms with Crippen molar-refractivity contribution in [3.63, 3.8) is 0 Å². The molecule has 148 valence electrons. The van der Waals surface area contributed by atoms with Crippen LogP contribution in [0.3, 0.4) is 0 Å². The first-order chi connectivity index (χ1) is 12.7. The maximum atomic E-state index is 12.2. The summed E-state index contributed by atoms with van der Waals surface area (Å²) in [5.74, 6) is 3.08. The molecule has 3 N–H and O–H groups in total. The molecule has 27 heavy (non-hydrogen) atoms. The van der Waals surface area contributed by atoms with E-state index in [2.05, 4.69) is 32.7 Å². The number of benzene rings is 1. The third kappa shape index (κ3) is 5.94. The molecule has 8 heteroatoms. The molecule has 2 aromatic rings. The van der Waals surface area contributed by atoms with Gasteiger partial charge in [-0.25, -0.2) is 4.98 Å². The lowest BCUT2D eigenvalue weighted by Crippen LogP contribution is -2.35. The number of piperidine rings is 1. The van der Waals surface area contributed by atoms with Gasteiger partial charge in [0.15, 0.2) is 5.82 Å². The number of H-pyrrole nitrogens is 1. The summed E-state index contributed by atoms with van der Waals surface area (Å²) in [6.07, 6.45) is 2.95. The summed E-state index contributed by atoms with van der Waals surface area (Å²) in [7, 11) is 1.63. The number of methoxy groups -OCH3 is 1. The normalized spacial score (nSPS) is 17.6. The minimum absolute atomic E-state index is 0. The Labute approximate surface area is 166 Å². The van der Waals surface area contributed by atoms with Gasteiger partial charge in [-0.05, 0) is 62.0 Å². The molecule has 1 amide bonds. The summed E-state index contributed by atoms with van der Waals surface area (Å²) in [5.41, 5.74) is 0.901. The highest BCUT2D eigenvalue weighted by Crippen LogP contribution is 2.22. The Morgan fingerprint density at radius 2 is 2.15 bits per heavy atom. The first kappa shape index (κ1) is 21.2. The van der Waals surface area contributed by atoms with Crippen LogP contribution in [0.5, 0.6) is 5.75 Å². The van der Waals surface area contributed by atoms with Crippen LogP contribution in [0.4, 0.5) is 0 Å². The van der Waals surface area contributed by atoms with E-state index in [0.29, 0.717) is 36.5 Å². The average Bonchev–Trinajstić information content (AvgIpc) is 3.16. The third-order valence-corrected chi connectivity index (χ3v) is 4.98. The number of halogens is 1. The van der Waals surface area contributed by atoms with Crippen LogP contribution < -0.4 is 15.4 Å². The first-order valence-electron chi connectivity index (χ1n) is 9.19. The number of hydrogen-bond acceptors (Lipinski definition) is 5. The number of nitrogens with one attached hydrogen (secondary N) is 3. The predicted octanol–water partition coefficient (Wildman–Crippen LogP) is 2.54. The Morgan fingerprint density at radius 3 is 2.81 bits per heavy atom. The third-order valence-electron chi connectivity index (χ3n) is 4.98. The van der Waals surface area contributed by atoms with Gasteiger partial charge in [0.1, 0.15) is 11.6 Å². The van der Waals surface area contributed by atoms with Gasteiger partial charge in [0, 0.05) is 12.0 Å². The van der Waals surface area contributed by atoms with Crippen LogP contribution >= 0.6 is 12.4 Å². The van der Waals surface area contributed by atoms with Gasteiger partial charge < -0.3 is 15.4 Å². The molecule has 2 heterocycles. The lowest BCUT2D eigenvalue weighted by Gasteiger charge is -2.27. The Balaban J connectivity index is 0.00000261. The topological polar surface area (TPSA) is 91.9 Å². The summed E-state index contributed by atoms with van der Waals surface area (Å²) in [5, 5.41) is 13.5. The zero-order valence-electron chi connectivity index (χ0n) is 15.8. The number of rotatable bonds is 7. The Hall–Kier alpha value is -2.12. The molecule has 0 saturated carbocycles. The highest BCUT2D eigenvalue weighted by Gasteiger charge is 2.22. The van der Waals surface area contributed by atoms with E-state index < -0.39 is 0 Å². The Morgan fingerprint density at radius 1 is 1.37 bits per heavy atom. The van der Waals surface area contributed by atoms with Crippen LogP contribution in [-0.2, 0) is 11.3 Å². The largest absolute Gasteiger partial charge is 0.497 e. The number of carbonyl (C=O) groups is 1. The van der Waals surface area contributed by atoms with Crippen molar-refractivity contribution in [3.8, 4) is 17.1 Å². The molecule has 3 rings (SSSR count). The molecule has 1 fully saturated rings. The van der Waals surface area contributed by atoms with E-state index in [-0.39, 0.29) is 18.3 Å². The van der Waals surface area contributed by atoms with Crippen molar-refractivity contribution < 1.29 is 9.53 Å². The zero-order chi connectivity index (χ0) is 18.4. The number of amides is 1. The molecular weight excluding hydrogens is 366 g/mol. The van der Waals surface area contributed by atoms with Crippen molar-refractivity contribution >= 4 is 18.3 Å². The summed E-state index contributed by atoms with van der Waals surface area (Å²) >= 11 is 0. The molecule has 1 saturated heterocycles. The van der Waals surface area contributed by atoms with Gasteiger partial charge >= 0.3 is 0 Å².